The van der Waals surface area contributed by atoms with Gasteiger partial charge in [-0.1, -0.05) is 26.0 Å². The average Bonchev–Trinajstić information content (AvgIpc) is 2.55. The molecule has 0 atom stereocenters. The van der Waals surface area contributed by atoms with Crippen molar-refractivity contribution in [2.24, 2.45) is 5.92 Å². The fourth-order valence-electron chi connectivity index (χ4n) is 2.74. The van der Waals surface area contributed by atoms with Crippen LogP contribution in [0.2, 0.25) is 0 Å². The summed E-state index contributed by atoms with van der Waals surface area (Å²) in [6, 6.07) is 6.94. The number of nitrogens with one attached hydrogen (secondary N) is 1. The van der Waals surface area contributed by atoms with Crippen molar-refractivity contribution in [3.05, 3.63) is 29.8 Å². The van der Waals surface area contributed by atoms with Crippen LogP contribution >= 0.6 is 0 Å². The van der Waals surface area contributed by atoms with Crippen molar-refractivity contribution in [3.63, 3.8) is 0 Å². The topological polar surface area (TPSA) is 69.7 Å². The third-order valence-corrected chi connectivity index (χ3v) is 5.92. The number of amides is 1. The molecule has 1 aliphatic heterocycles. The van der Waals surface area contributed by atoms with Crippen molar-refractivity contribution >= 4 is 15.9 Å². The van der Waals surface area contributed by atoms with E-state index in [1.807, 2.05) is 12.1 Å². The van der Waals surface area contributed by atoms with E-state index in [0.717, 1.165) is 29.4 Å². The van der Waals surface area contributed by atoms with Crippen LogP contribution in [0.15, 0.2) is 29.2 Å². The molecule has 7 heteroatoms. The lowest BCUT2D eigenvalue weighted by molar-refractivity contribution is -0.131. The molecule has 1 N–H and O–H groups in total. The molecule has 1 amide bonds. The number of piperazine rings is 1. The predicted molar refractivity (Wildman–Crippen MR) is 94.2 cm³/mol. The van der Waals surface area contributed by atoms with E-state index < -0.39 is 10.0 Å². The summed E-state index contributed by atoms with van der Waals surface area (Å²) in [6.07, 6.45) is 0.914. The fourth-order valence-corrected chi connectivity index (χ4v) is 3.86. The highest BCUT2D eigenvalue weighted by atomic mass is 32.2. The molecule has 1 heterocycles. The van der Waals surface area contributed by atoms with Crippen molar-refractivity contribution in [2.45, 2.75) is 25.2 Å². The van der Waals surface area contributed by atoms with Gasteiger partial charge in [0.15, 0.2) is 0 Å². The van der Waals surface area contributed by atoms with Crippen molar-refractivity contribution in [1.29, 1.82) is 0 Å². The first-order chi connectivity index (χ1) is 11.3. The van der Waals surface area contributed by atoms with E-state index in [2.05, 4.69) is 19.2 Å². The summed E-state index contributed by atoms with van der Waals surface area (Å²) in [4.78, 5) is 14.2. The molecule has 0 aliphatic carbocycles. The lowest BCUT2D eigenvalue weighted by atomic mass is 10.0. The number of likely N-dealkylation sites (N-methyl/N-ethyl adjacent to an activating group) is 1. The lowest BCUT2D eigenvalue weighted by Gasteiger charge is -2.29. The Morgan fingerprint density at radius 1 is 1.21 bits per heavy atom. The monoisotopic (exact) mass is 353 g/mol. The number of sulfonamides is 1. The van der Waals surface area contributed by atoms with Crippen molar-refractivity contribution in [3.8, 4) is 0 Å². The SMILES string of the molecule is CC(C)Cc1ccc(S(=O)(=O)N(C)CC(=O)N2CCNCC2)cc1. The average molecular weight is 353 g/mol. The number of carbonyl (C=O) groups excluding carboxylic acids is 1. The van der Waals surface area contributed by atoms with E-state index >= 15 is 0 Å². The standard InChI is InChI=1S/C17H27N3O3S/c1-14(2)12-15-4-6-16(7-5-15)24(22,23)19(3)13-17(21)20-10-8-18-9-11-20/h4-7,14,18H,8-13H2,1-3H3. The zero-order chi connectivity index (χ0) is 17.7. The van der Waals surface area contributed by atoms with Crippen LogP contribution < -0.4 is 5.32 Å². The molecule has 0 bridgehead atoms. The van der Waals surface area contributed by atoms with Gasteiger partial charge in [0, 0.05) is 33.2 Å². The molecule has 24 heavy (non-hydrogen) atoms. The van der Waals surface area contributed by atoms with Gasteiger partial charge in [-0.05, 0) is 30.0 Å². The van der Waals surface area contributed by atoms with Gasteiger partial charge in [-0.25, -0.2) is 8.42 Å². The Balaban J connectivity index is 2.03. The van der Waals surface area contributed by atoms with Crippen LogP contribution in [0.1, 0.15) is 19.4 Å². The number of rotatable bonds is 6. The minimum absolute atomic E-state index is 0.129. The lowest BCUT2D eigenvalue weighted by Crippen LogP contribution is -2.49. The molecular formula is C17H27N3O3S. The van der Waals surface area contributed by atoms with Crippen LogP contribution in [0.25, 0.3) is 0 Å². The zero-order valence-corrected chi connectivity index (χ0v) is 15.5. The molecule has 0 spiro atoms. The first kappa shape index (κ1) is 18.9. The molecule has 6 nitrogen and oxygen atoms in total. The third kappa shape index (κ3) is 4.78. The number of hydrogen-bond donors (Lipinski definition) is 1. The Hall–Kier alpha value is -1.44. The second-order valence-electron chi connectivity index (χ2n) is 6.63. The number of hydrogen-bond acceptors (Lipinski definition) is 4. The summed E-state index contributed by atoms with van der Waals surface area (Å²) in [6.45, 7) is 6.86. The summed E-state index contributed by atoms with van der Waals surface area (Å²) in [5, 5.41) is 3.17. The number of carbonyl (C=O) groups is 1. The van der Waals surface area contributed by atoms with E-state index in [1.54, 1.807) is 17.0 Å². The van der Waals surface area contributed by atoms with Crippen LogP contribution in [-0.2, 0) is 21.2 Å². The maximum atomic E-state index is 12.6. The van der Waals surface area contributed by atoms with Gasteiger partial charge < -0.3 is 10.2 Å². The molecule has 134 valence electrons. The molecule has 1 aromatic rings. The fraction of sp³-hybridized carbons (Fsp3) is 0.588. The van der Waals surface area contributed by atoms with Gasteiger partial charge in [0.1, 0.15) is 0 Å². The Kier molecular flexibility index (Phi) is 6.37. The molecule has 0 saturated carbocycles. The predicted octanol–water partition coefficient (Wildman–Crippen LogP) is 0.937. The van der Waals surface area contributed by atoms with Crippen molar-refractivity contribution in [2.75, 3.05) is 39.8 Å². The molecule has 0 unspecified atom stereocenters. The molecule has 1 aliphatic rings. The highest BCUT2D eigenvalue weighted by Crippen LogP contribution is 2.17. The molecular weight excluding hydrogens is 326 g/mol. The molecule has 1 aromatic carbocycles. The van der Waals surface area contributed by atoms with Crippen LogP contribution in [-0.4, -0.2) is 63.3 Å². The number of nitrogens with zero attached hydrogens (tertiary/aromatic N) is 2. The Morgan fingerprint density at radius 3 is 2.33 bits per heavy atom. The first-order valence-corrected chi connectivity index (χ1v) is 9.78. The van der Waals surface area contributed by atoms with Gasteiger partial charge in [-0.15, -0.1) is 0 Å². The van der Waals surface area contributed by atoms with E-state index in [1.165, 1.54) is 7.05 Å². The maximum absolute atomic E-state index is 12.6. The summed E-state index contributed by atoms with van der Waals surface area (Å²) in [5.41, 5.74) is 1.11. The summed E-state index contributed by atoms with van der Waals surface area (Å²) in [7, 11) is -2.19. The van der Waals surface area contributed by atoms with Crippen LogP contribution in [0, 0.1) is 5.92 Å². The Morgan fingerprint density at radius 2 is 1.79 bits per heavy atom. The van der Waals surface area contributed by atoms with Gasteiger partial charge in [0.25, 0.3) is 0 Å². The van der Waals surface area contributed by atoms with E-state index in [0.29, 0.717) is 19.0 Å². The summed E-state index contributed by atoms with van der Waals surface area (Å²) < 4.78 is 26.4. The Labute approximate surface area is 144 Å². The Bertz CT molecular complexity index is 650. The van der Waals surface area contributed by atoms with Crippen molar-refractivity contribution in [1.82, 2.24) is 14.5 Å². The molecule has 2 rings (SSSR count). The van der Waals surface area contributed by atoms with Gasteiger partial charge >= 0.3 is 0 Å². The van der Waals surface area contributed by atoms with Gasteiger partial charge in [-0.3, -0.25) is 4.79 Å². The van der Waals surface area contributed by atoms with Crippen LogP contribution in [0.3, 0.4) is 0 Å². The molecule has 0 radical (unpaired) electrons. The van der Waals surface area contributed by atoms with E-state index in [-0.39, 0.29) is 17.3 Å². The molecule has 1 fully saturated rings. The normalized spacial score (nSPS) is 16.0. The van der Waals surface area contributed by atoms with Crippen molar-refractivity contribution < 1.29 is 13.2 Å². The minimum Gasteiger partial charge on any atom is -0.339 e. The highest BCUT2D eigenvalue weighted by molar-refractivity contribution is 7.89. The van der Waals surface area contributed by atoms with Gasteiger partial charge in [0.05, 0.1) is 11.4 Å². The molecule has 1 saturated heterocycles. The van der Waals surface area contributed by atoms with E-state index in [9.17, 15) is 13.2 Å². The number of benzene rings is 1. The first-order valence-electron chi connectivity index (χ1n) is 8.34. The largest absolute Gasteiger partial charge is 0.339 e. The minimum atomic E-state index is -3.65. The van der Waals surface area contributed by atoms with Crippen LogP contribution in [0.5, 0.6) is 0 Å². The summed E-state index contributed by atoms with van der Waals surface area (Å²) >= 11 is 0. The van der Waals surface area contributed by atoms with E-state index in [4.69, 9.17) is 0 Å². The smallest absolute Gasteiger partial charge is 0.243 e. The summed E-state index contributed by atoms with van der Waals surface area (Å²) in [5.74, 6) is 0.366. The second-order valence-corrected chi connectivity index (χ2v) is 8.68. The van der Waals surface area contributed by atoms with Gasteiger partial charge in [-0.2, -0.15) is 4.31 Å². The molecule has 0 aromatic heterocycles. The zero-order valence-electron chi connectivity index (χ0n) is 14.7. The van der Waals surface area contributed by atoms with Crippen LogP contribution in [0.4, 0.5) is 0 Å². The maximum Gasteiger partial charge on any atom is 0.243 e. The quantitative estimate of drug-likeness (QED) is 0.826. The third-order valence-electron chi connectivity index (χ3n) is 4.10. The highest BCUT2D eigenvalue weighted by Gasteiger charge is 2.25. The van der Waals surface area contributed by atoms with Gasteiger partial charge in [0.2, 0.25) is 15.9 Å². The second kappa shape index (κ2) is 8.09.